The third-order valence-electron chi connectivity index (χ3n) is 13.2. The summed E-state index contributed by atoms with van der Waals surface area (Å²) >= 11 is 0. The smallest absolute Gasteiger partial charge is 0.0602 e. The van der Waals surface area contributed by atoms with Gasteiger partial charge in [0.05, 0.1) is 19.3 Å². The first-order valence-electron chi connectivity index (χ1n) is 16.6. The minimum absolute atomic E-state index is 0.122. The molecule has 1 aromatic rings. The van der Waals surface area contributed by atoms with E-state index in [0.29, 0.717) is 23.3 Å². The SMILES string of the molecule is C[C@H](CCCN1CCOCC1)[C@H]1CC[C@H]2[C@@H]3CC[C@@H]4C[C@@H](NCc5ccccc5)CC[C@]4(C)[C@H]3C[C@H](O)[C@]12C. The number of hydrogen-bond donors (Lipinski definition) is 2. The lowest BCUT2D eigenvalue weighted by Crippen LogP contribution is -2.59. The lowest BCUT2D eigenvalue weighted by molar-refractivity contribution is -0.169. The summed E-state index contributed by atoms with van der Waals surface area (Å²) in [5.41, 5.74) is 1.94. The Morgan fingerprint density at radius 2 is 1.79 bits per heavy atom. The molecule has 1 heterocycles. The normalized spacial score (nSPS) is 43.3. The zero-order valence-corrected chi connectivity index (χ0v) is 25.1. The molecule has 4 nitrogen and oxygen atoms in total. The monoisotopic (exact) mass is 536 g/mol. The first-order chi connectivity index (χ1) is 18.9. The Balaban J connectivity index is 1.07. The van der Waals surface area contributed by atoms with Gasteiger partial charge in [-0.05, 0) is 123 Å². The van der Waals surface area contributed by atoms with Crippen LogP contribution in [0.25, 0.3) is 0 Å². The average Bonchev–Trinajstić information content (AvgIpc) is 3.32. The van der Waals surface area contributed by atoms with E-state index < -0.39 is 0 Å². The minimum atomic E-state index is -0.123. The van der Waals surface area contributed by atoms with Crippen LogP contribution in [0, 0.1) is 46.3 Å². The van der Waals surface area contributed by atoms with Crippen molar-refractivity contribution >= 4 is 0 Å². The van der Waals surface area contributed by atoms with E-state index in [0.717, 1.165) is 62.9 Å². The van der Waals surface area contributed by atoms with Gasteiger partial charge in [0, 0.05) is 25.7 Å². The van der Waals surface area contributed by atoms with Crippen molar-refractivity contribution in [2.24, 2.45) is 46.3 Å². The van der Waals surface area contributed by atoms with Crippen molar-refractivity contribution in [1.82, 2.24) is 10.2 Å². The molecule has 2 N–H and O–H groups in total. The topological polar surface area (TPSA) is 44.7 Å². The lowest BCUT2D eigenvalue weighted by Gasteiger charge is -2.62. The molecule has 4 heteroatoms. The Kier molecular flexibility index (Phi) is 8.49. The number of nitrogens with one attached hydrogen (secondary N) is 1. The fraction of sp³-hybridized carbons (Fsp3) is 0.829. The predicted molar refractivity (Wildman–Crippen MR) is 159 cm³/mol. The van der Waals surface area contributed by atoms with Crippen molar-refractivity contribution in [3.8, 4) is 0 Å². The Labute approximate surface area is 238 Å². The van der Waals surface area contributed by atoms with E-state index in [1.54, 1.807) is 0 Å². The maximum atomic E-state index is 12.0. The van der Waals surface area contributed by atoms with E-state index in [-0.39, 0.29) is 11.5 Å². The second-order valence-electron chi connectivity index (χ2n) is 14.9. The van der Waals surface area contributed by atoms with Crippen LogP contribution < -0.4 is 5.32 Å². The molecule has 1 saturated heterocycles. The van der Waals surface area contributed by atoms with E-state index in [1.165, 1.54) is 69.9 Å². The van der Waals surface area contributed by atoms with Crippen LogP contribution in [0.4, 0.5) is 0 Å². The Hall–Kier alpha value is -0.940. The molecule has 0 spiro atoms. The van der Waals surface area contributed by atoms with Crippen molar-refractivity contribution in [2.75, 3.05) is 32.8 Å². The van der Waals surface area contributed by atoms with Crippen LogP contribution in [0.15, 0.2) is 30.3 Å². The van der Waals surface area contributed by atoms with Crippen molar-refractivity contribution in [3.05, 3.63) is 35.9 Å². The number of rotatable bonds is 8. The summed E-state index contributed by atoms with van der Waals surface area (Å²) < 4.78 is 5.54. The van der Waals surface area contributed by atoms with Gasteiger partial charge in [-0.15, -0.1) is 0 Å². The second-order valence-corrected chi connectivity index (χ2v) is 14.9. The zero-order valence-electron chi connectivity index (χ0n) is 25.1. The number of fused-ring (bicyclic) bond motifs is 5. The molecule has 218 valence electrons. The average molecular weight is 537 g/mol. The van der Waals surface area contributed by atoms with Crippen molar-refractivity contribution in [2.45, 2.75) is 104 Å². The summed E-state index contributed by atoms with van der Waals surface area (Å²) in [6, 6.07) is 11.5. The maximum absolute atomic E-state index is 12.0. The quantitative estimate of drug-likeness (QED) is 0.397. The van der Waals surface area contributed by atoms with Gasteiger partial charge in [-0.2, -0.15) is 0 Å². The number of aliphatic hydroxyl groups excluding tert-OH is 1. The summed E-state index contributed by atoms with van der Waals surface area (Å²) in [7, 11) is 0. The molecule has 0 bridgehead atoms. The van der Waals surface area contributed by atoms with Gasteiger partial charge in [0.15, 0.2) is 0 Å². The van der Waals surface area contributed by atoms with Gasteiger partial charge >= 0.3 is 0 Å². The Bertz CT molecular complexity index is 934. The van der Waals surface area contributed by atoms with Crippen molar-refractivity contribution in [1.29, 1.82) is 0 Å². The summed E-state index contributed by atoms with van der Waals surface area (Å²) in [6.45, 7) is 13.9. The number of ether oxygens (including phenoxy) is 1. The van der Waals surface area contributed by atoms with Crippen molar-refractivity contribution < 1.29 is 9.84 Å². The van der Waals surface area contributed by atoms with Crippen LogP contribution in [-0.4, -0.2) is 55.0 Å². The molecule has 4 aliphatic carbocycles. The number of nitrogens with zero attached hydrogens (tertiary/aromatic N) is 1. The second kappa shape index (κ2) is 11.7. The molecule has 4 saturated carbocycles. The molecule has 5 aliphatic rings. The van der Waals surface area contributed by atoms with Crippen molar-refractivity contribution in [3.63, 3.8) is 0 Å². The number of hydrogen-bond acceptors (Lipinski definition) is 4. The maximum Gasteiger partial charge on any atom is 0.0602 e. The van der Waals surface area contributed by atoms with Gasteiger partial charge in [-0.1, -0.05) is 51.1 Å². The number of aliphatic hydroxyl groups is 1. The zero-order chi connectivity index (χ0) is 27.0. The van der Waals surface area contributed by atoms with Crippen LogP contribution in [0.2, 0.25) is 0 Å². The fourth-order valence-corrected chi connectivity index (χ4v) is 10.9. The minimum Gasteiger partial charge on any atom is -0.393 e. The van der Waals surface area contributed by atoms with Gasteiger partial charge in [0.2, 0.25) is 0 Å². The van der Waals surface area contributed by atoms with Gasteiger partial charge in [-0.25, -0.2) is 0 Å². The third kappa shape index (κ3) is 5.38. The first kappa shape index (κ1) is 28.2. The van der Waals surface area contributed by atoms with Crippen LogP contribution in [-0.2, 0) is 11.3 Å². The van der Waals surface area contributed by atoms with Crippen LogP contribution in [0.1, 0.15) is 90.5 Å². The molecule has 1 aliphatic heterocycles. The number of morpholine rings is 1. The van der Waals surface area contributed by atoms with Gasteiger partial charge in [-0.3, -0.25) is 4.90 Å². The molecular formula is C35H56N2O2. The third-order valence-corrected chi connectivity index (χ3v) is 13.2. The number of benzene rings is 1. The molecular weight excluding hydrogens is 480 g/mol. The Morgan fingerprint density at radius 3 is 2.59 bits per heavy atom. The predicted octanol–water partition coefficient (Wildman–Crippen LogP) is 6.52. The van der Waals surface area contributed by atoms with Crippen LogP contribution in [0.3, 0.4) is 0 Å². The van der Waals surface area contributed by atoms with E-state index in [9.17, 15) is 5.11 Å². The lowest BCUT2D eigenvalue weighted by atomic mass is 9.43. The van der Waals surface area contributed by atoms with Gasteiger partial charge < -0.3 is 15.2 Å². The molecule has 6 rings (SSSR count). The molecule has 0 radical (unpaired) electrons. The van der Waals surface area contributed by atoms with E-state index in [2.05, 4.69) is 61.3 Å². The van der Waals surface area contributed by atoms with E-state index in [1.807, 2.05) is 0 Å². The van der Waals surface area contributed by atoms with E-state index in [4.69, 9.17) is 4.74 Å². The standard InChI is InChI=1S/C35H56N2O2/c1-25(8-7-17-37-18-20-39-21-19-37)30-13-14-31-29-12-11-27-22-28(36-24-26-9-5-4-6-10-26)15-16-34(27,2)32(29)23-33(38)35(30,31)3/h4-6,9-10,25,27-33,36,38H,7-8,11-24H2,1-3H3/t25-,27-,28+,29+,30-,31+,32+,33+,34+,35-/m1/s1. The first-order valence-corrected chi connectivity index (χ1v) is 16.6. The molecule has 1 aromatic carbocycles. The van der Waals surface area contributed by atoms with Gasteiger partial charge in [0.25, 0.3) is 0 Å². The summed E-state index contributed by atoms with van der Waals surface area (Å²) in [4.78, 5) is 2.58. The molecule has 0 amide bonds. The summed E-state index contributed by atoms with van der Waals surface area (Å²) in [5.74, 6) is 4.49. The molecule has 0 aromatic heterocycles. The fourth-order valence-electron chi connectivity index (χ4n) is 10.9. The highest BCUT2D eigenvalue weighted by atomic mass is 16.5. The largest absolute Gasteiger partial charge is 0.393 e. The Morgan fingerprint density at radius 1 is 1.00 bits per heavy atom. The summed E-state index contributed by atoms with van der Waals surface area (Å²) in [5, 5.41) is 15.9. The highest BCUT2D eigenvalue weighted by molar-refractivity contribution is 5.15. The van der Waals surface area contributed by atoms with Crippen LogP contribution in [0.5, 0.6) is 0 Å². The highest BCUT2D eigenvalue weighted by Crippen LogP contribution is 2.68. The summed E-state index contributed by atoms with van der Waals surface area (Å²) in [6.07, 6.45) is 13.0. The van der Waals surface area contributed by atoms with Crippen LogP contribution >= 0.6 is 0 Å². The van der Waals surface area contributed by atoms with Gasteiger partial charge in [0.1, 0.15) is 0 Å². The highest BCUT2D eigenvalue weighted by Gasteiger charge is 2.63. The molecule has 0 unspecified atom stereocenters. The molecule has 10 atom stereocenters. The van der Waals surface area contributed by atoms with E-state index >= 15 is 0 Å². The molecule has 39 heavy (non-hydrogen) atoms. The molecule has 5 fully saturated rings.